The largest absolute Gasteiger partial charge is 0.478 e. The Bertz CT molecular complexity index is 254. The molecule has 0 saturated heterocycles. The third kappa shape index (κ3) is 9.19. The van der Waals surface area contributed by atoms with Crippen LogP contribution in [0.1, 0.15) is 44.9 Å². The van der Waals surface area contributed by atoms with Crippen LogP contribution in [0.25, 0.3) is 0 Å². The topological polar surface area (TPSA) is 54.4 Å². The molecule has 16 heavy (non-hydrogen) atoms. The van der Waals surface area contributed by atoms with E-state index in [9.17, 15) is 9.59 Å². The highest BCUT2D eigenvalue weighted by Gasteiger charge is 1.99. The summed E-state index contributed by atoms with van der Waals surface area (Å²) in [5.74, 6) is -0.932. The minimum Gasteiger partial charge on any atom is -0.478 e. The van der Waals surface area contributed by atoms with Crippen molar-refractivity contribution >= 4 is 12.3 Å². The average molecular weight is 224 g/mol. The molecule has 1 N–H and O–H groups in total. The van der Waals surface area contributed by atoms with Gasteiger partial charge in [-0.2, -0.15) is 0 Å². The molecule has 0 amide bonds. The van der Waals surface area contributed by atoms with Crippen LogP contribution in [0.15, 0.2) is 24.3 Å². The van der Waals surface area contributed by atoms with Crippen molar-refractivity contribution in [3.8, 4) is 0 Å². The molecule has 0 aromatic carbocycles. The molecule has 90 valence electrons. The van der Waals surface area contributed by atoms with Gasteiger partial charge in [0, 0.05) is 12.0 Å². The highest BCUT2D eigenvalue weighted by atomic mass is 16.4. The maximum absolute atomic E-state index is 10.4. The number of aldehydes is 1. The molecule has 0 aliphatic carbocycles. The zero-order valence-electron chi connectivity index (χ0n) is 9.65. The van der Waals surface area contributed by atoms with Crippen LogP contribution in [-0.4, -0.2) is 17.4 Å². The van der Waals surface area contributed by atoms with Crippen molar-refractivity contribution in [2.45, 2.75) is 44.9 Å². The normalized spacial score (nSPS) is 10.5. The molecule has 0 fully saturated rings. The highest BCUT2D eigenvalue weighted by Crippen LogP contribution is 2.06. The maximum atomic E-state index is 10.4. The third-order valence-corrected chi connectivity index (χ3v) is 2.28. The molecule has 0 unspecified atom stereocenters. The molecule has 0 radical (unpaired) electrons. The Morgan fingerprint density at radius 3 is 2.25 bits per heavy atom. The van der Waals surface area contributed by atoms with Crippen molar-refractivity contribution in [3.63, 3.8) is 0 Å². The van der Waals surface area contributed by atoms with Crippen molar-refractivity contribution in [2.75, 3.05) is 0 Å². The first-order chi connectivity index (χ1) is 7.68. The SMILES string of the molecule is C=C(CC=CCCCCCCC=O)C(=O)O. The standard InChI is InChI=1S/C13H20O3/c1-12(13(15)16)10-8-6-4-2-3-5-7-9-11-14/h6,8,11H,1-5,7,9-10H2,(H,15,16). The number of rotatable bonds is 10. The Hall–Kier alpha value is -1.38. The van der Waals surface area contributed by atoms with Gasteiger partial charge in [0.05, 0.1) is 0 Å². The minimum atomic E-state index is -0.932. The Morgan fingerprint density at radius 2 is 1.69 bits per heavy atom. The van der Waals surface area contributed by atoms with Crippen molar-refractivity contribution in [1.82, 2.24) is 0 Å². The zero-order valence-corrected chi connectivity index (χ0v) is 9.65. The van der Waals surface area contributed by atoms with Crippen LogP contribution in [0, 0.1) is 0 Å². The molecule has 0 heterocycles. The third-order valence-electron chi connectivity index (χ3n) is 2.28. The molecule has 3 heteroatoms. The van der Waals surface area contributed by atoms with Gasteiger partial charge in [-0.1, -0.05) is 31.6 Å². The van der Waals surface area contributed by atoms with Crippen LogP contribution in [0.4, 0.5) is 0 Å². The van der Waals surface area contributed by atoms with E-state index < -0.39 is 5.97 Å². The van der Waals surface area contributed by atoms with Crippen molar-refractivity contribution in [1.29, 1.82) is 0 Å². The first-order valence-electron chi connectivity index (χ1n) is 5.68. The van der Waals surface area contributed by atoms with Crippen LogP contribution in [0.5, 0.6) is 0 Å². The van der Waals surface area contributed by atoms with Gasteiger partial charge in [-0.25, -0.2) is 4.79 Å². The molecule has 0 aliphatic heterocycles. The van der Waals surface area contributed by atoms with E-state index >= 15 is 0 Å². The summed E-state index contributed by atoms with van der Waals surface area (Å²) in [6, 6.07) is 0. The number of carbonyl (C=O) groups is 2. The second kappa shape index (κ2) is 10.1. The van der Waals surface area contributed by atoms with E-state index in [1.165, 1.54) is 0 Å². The number of hydrogen-bond donors (Lipinski definition) is 1. The van der Waals surface area contributed by atoms with Crippen LogP contribution >= 0.6 is 0 Å². The van der Waals surface area contributed by atoms with Gasteiger partial charge in [0.2, 0.25) is 0 Å². The van der Waals surface area contributed by atoms with Gasteiger partial charge >= 0.3 is 5.97 Å². The van der Waals surface area contributed by atoms with E-state index in [1.54, 1.807) is 0 Å². The fourth-order valence-electron chi connectivity index (χ4n) is 1.27. The van der Waals surface area contributed by atoms with E-state index in [-0.39, 0.29) is 5.57 Å². The molecule has 0 aromatic rings. The van der Waals surface area contributed by atoms with Crippen LogP contribution in [0.3, 0.4) is 0 Å². The summed E-state index contributed by atoms with van der Waals surface area (Å²) in [5.41, 5.74) is 0.224. The highest BCUT2D eigenvalue weighted by molar-refractivity contribution is 5.85. The Balaban J connectivity index is 3.31. The van der Waals surface area contributed by atoms with E-state index in [0.29, 0.717) is 12.8 Å². The predicted molar refractivity (Wildman–Crippen MR) is 64.3 cm³/mol. The number of unbranched alkanes of at least 4 members (excludes halogenated alkanes) is 5. The molecular weight excluding hydrogens is 204 g/mol. The van der Waals surface area contributed by atoms with Crippen molar-refractivity contribution in [2.24, 2.45) is 0 Å². The van der Waals surface area contributed by atoms with E-state index in [2.05, 4.69) is 6.58 Å². The number of carbonyl (C=O) groups excluding carboxylic acids is 1. The summed E-state index contributed by atoms with van der Waals surface area (Å²) in [7, 11) is 0. The summed E-state index contributed by atoms with van der Waals surface area (Å²) < 4.78 is 0. The number of aliphatic carboxylic acids is 1. The number of hydrogen-bond acceptors (Lipinski definition) is 2. The summed E-state index contributed by atoms with van der Waals surface area (Å²) in [6.07, 6.45) is 11.1. The van der Waals surface area contributed by atoms with E-state index in [4.69, 9.17) is 5.11 Å². The lowest BCUT2D eigenvalue weighted by molar-refractivity contribution is -0.132. The number of carboxylic acid groups (broad SMARTS) is 1. The van der Waals surface area contributed by atoms with Crippen molar-refractivity contribution in [3.05, 3.63) is 24.3 Å². The number of allylic oxidation sites excluding steroid dienone is 2. The molecule has 0 atom stereocenters. The smallest absolute Gasteiger partial charge is 0.331 e. The van der Waals surface area contributed by atoms with Crippen molar-refractivity contribution < 1.29 is 14.7 Å². The Kier molecular flexibility index (Phi) is 9.27. The average Bonchev–Trinajstić information content (AvgIpc) is 2.26. The monoisotopic (exact) mass is 224 g/mol. The fraction of sp³-hybridized carbons (Fsp3) is 0.538. The lowest BCUT2D eigenvalue weighted by Gasteiger charge is -1.96. The molecule has 0 aliphatic rings. The van der Waals surface area contributed by atoms with Crippen LogP contribution in [0.2, 0.25) is 0 Å². The second-order valence-corrected chi connectivity index (χ2v) is 3.74. The molecule has 0 bridgehead atoms. The maximum Gasteiger partial charge on any atom is 0.331 e. The number of carboxylic acids is 1. The molecule has 0 aromatic heterocycles. The van der Waals surface area contributed by atoms with Gasteiger partial charge in [-0.15, -0.1) is 0 Å². The summed E-state index contributed by atoms with van der Waals surface area (Å²) in [4.78, 5) is 20.4. The Morgan fingerprint density at radius 1 is 1.06 bits per heavy atom. The summed E-state index contributed by atoms with van der Waals surface area (Å²) >= 11 is 0. The lowest BCUT2D eigenvalue weighted by Crippen LogP contribution is -1.96. The molecular formula is C13H20O3. The fourth-order valence-corrected chi connectivity index (χ4v) is 1.27. The van der Waals surface area contributed by atoms with Gasteiger partial charge < -0.3 is 9.90 Å². The summed E-state index contributed by atoms with van der Waals surface area (Å²) in [6.45, 7) is 3.44. The molecule has 0 rings (SSSR count). The van der Waals surface area contributed by atoms with Crippen LogP contribution in [-0.2, 0) is 9.59 Å². The molecule has 0 saturated carbocycles. The molecule has 3 nitrogen and oxygen atoms in total. The van der Waals surface area contributed by atoms with E-state index in [1.807, 2.05) is 12.2 Å². The van der Waals surface area contributed by atoms with Gasteiger partial charge in [0.15, 0.2) is 0 Å². The quantitative estimate of drug-likeness (QED) is 0.268. The molecule has 0 spiro atoms. The first-order valence-corrected chi connectivity index (χ1v) is 5.68. The first kappa shape index (κ1) is 14.6. The second-order valence-electron chi connectivity index (χ2n) is 3.74. The van der Waals surface area contributed by atoms with E-state index in [0.717, 1.165) is 38.4 Å². The van der Waals surface area contributed by atoms with Crippen LogP contribution < -0.4 is 0 Å². The van der Waals surface area contributed by atoms with Gasteiger partial charge in [-0.05, 0) is 25.7 Å². The lowest BCUT2D eigenvalue weighted by atomic mass is 10.1. The zero-order chi connectivity index (χ0) is 12.2. The van der Waals surface area contributed by atoms with Gasteiger partial charge in [0.1, 0.15) is 6.29 Å². The minimum absolute atomic E-state index is 0.224. The van der Waals surface area contributed by atoms with Gasteiger partial charge in [0.25, 0.3) is 0 Å². The summed E-state index contributed by atoms with van der Waals surface area (Å²) in [5, 5.41) is 8.54. The van der Waals surface area contributed by atoms with Gasteiger partial charge in [-0.3, -0.25) is 0 Å². The predicted octanol–water partition coefficient (Wildman–Crippen LogP) is 3.11. The Labute approximate surface area is 96.9 Å².